The maximum Gasteiger partial charge on any atom is 0.269 e. The Labute approximate surface area is 157 Å². The lowest BCUT2D eigenvalue weighted by atomic mass is 10.2. The van der Waals surface area contributed by atoms with Crippen molar-refractivity contribution in [3.8, 4) is 11.5 Å². The number of benzene rings is 2. The Balaban J connectivity index is 1.85. The number of carbonyl (C=O) groups excluding carboxylic acids is 1. The van der Waals surface area contributed by atoms with E-state index in [0.717, 1.165) is 5.69 Å². The van der Waals surface area contributed by atoms with Crippen LogP contribution in [-0.4, -0.2) is 37.1 Å². The molecule has 0 radical (unpaired) electrons. The van der Waals surface area contributed by atoms with Gasteiger partial charge >= 0.3 is 0 Å². The lowest BCUT2D eigenvalue weighted by Crippen LogP contribution is -2.28. The quantitative estimate of drug-likeness (QED) is 0.397. The van der Waals surface area contributed by atoms with Gasteiger partial charge in [0.05, 0.1) is 18.1 Å². The fourth-order valence-corrected chi connectivity index (χ4v) is 2.35. The lowest BCUT2D eigenvalue weighted by molar-refractivity contribution is -0.384. The molecule has 144 valence electrons. The number of methoxy groups -OCH3 is 1. The highest BCUT2D eigenvalue weighted by atomic mass is 16.6. The fourth-order valence-electron chi connectivity index (χ4n) is 2.35. The van der Waals surface area contributed by atoms with E-state index < -0.39 is 4.92 Å². The SMILES string of the molecule is COc1cc(C(=O)NCCNc2ccc([N+](=O)[O-])cc2)ccc1OC(C)C. The van der Waals surface area contributed by atoms with Gasteiger partial charge < -0.3 is 20.1 Å². The Morgan fingerprint density at radius 2 is 1.81 bits per heavy atom. The van der Waals surface area contributed by atoms with Gasteiger partial charge in [0.25, 0.3) is 11.6 Å². The monoisotopic (exact) mass is 373 g/mol. The molecule has 0 bridgehead atoms. The van der Waals surface area contributed by atoms with Gasteiger partial charge in [-0.2, -0.15) is 0 Å². The van der Waals surface area contributed by atoms with Gasteiger partial charge in [-0.15, -0.1) is 0 Å². The molecule has 0 unspecified atom stereocenters. The molecule has 2 aromatic carbocycles. The molecule has 0 spiro atoms. The normalized spacial score (nSPS) is 10.4. The Morgan fingerprint density at radius 3 is 2.41 bits per heavy atom. The molecule has 0 fully saturated rings. The number of nitrogens with zero attached hydrogens (tertiary/aromatic N) is 1. The molecule has 27 heavy (non-hydrogen) atoms. The van der Waals surface area contributed by atoms with Crippen molar-refractivity contribution in [3.63, 3.8) is 0 Å². The molecule has 0 aliphatic rings. The van der Waals surface area contributed by atoms with Crippen LogP contribution in [0.1, 0.15) is 24.2 Å². The van der Waals surface area contributed by atoms with Crippen molar-refractivity contribution in [2.75, 3.05) is 25.5 Å². The van der Waals surface area contributed by atoms with Gasteiger partial charge in [0, 0.05) is 36.5 Å². The zero-order chi connectivity index (χ0) is 19.8. The van der Waals surface area contributed by atoms with E-state index in [1.807, 2.05) is 13.8 Å². The minimum Gasteiger partial charge on any atom is -0.493 e. The highest BCUT2D eigenvalue weighted by molar-refractivity contribution is 5.94. The maximum absolute atomic E-state index is 12.3. The third-order valence-electron chi connectivity index (χ3n) is 3.61. The second-order valence-electron chi connectivity index (χ2n) is 6.02. The minimum atomic E-state index is -0.449. The smallest absolute Gasteiger partial charge is 0.269 e. The molecule has 0 aliphatic heterocycles. The molecule has 8 nitrogen and oxygen atoms in total. The van der Waals surface area contributed by atoms with E-state index in [4.69, 9.17) is 9.47 Å². The number of hydrogen-bond donors (Lipinski definition) is 2. The van der Waals surface area contributed by atoms with Gasteiger partial charge in [0.2, 0.25) is 0 Å². The van der Waals surface area contributed by atoms with Crippen LogP contribution in [-0.2, 0) is 0 Å². The number of nitro benzene ring substituents is 1. The molecule has 8 heteroatoms. The Kier molecular flexibility index (Phi) is 6.99. The third kappa shape index (κ3) is 5.88. The summed E-state index contributed by atoms with van der Waals surface area (Å²) in [5.41, 5.74) is 1.25. The lowest BCUT2D eigenvalue weighted by Gasteiger charge is -2.14. The van der Waals surface area contributed by atoms with E-state index in [1.165, 1.54) is 19.2 Å². The first-order valence-electron chi connectivity index (χ1n) is 8.52. The number of rotatable bonds is 9. The molecule has 2 N–H and O–H groups in total. The summed E-state index contributed by atoms with van der Waals surface area (Å²) >= 11 is 0. The van der Waals surface area contributed by atoms with Crippen LogP contribution in [0.15, 0.2) is 42.5 Å². The Morgan fingerprint density at radius 1 is 1.11 bits per heavy atom. The van der Waals surface area contributed by atoms with Crippen LogP contribution in [0.25, 0.3) is 0 Å². The Bertz CT molecular complexity index is 790. The molecule has 0 heterocycles. The molecule has 0 saturated heterocycles. The van der Waals surface area contributed by atoms with E-state index in [1.54, 1.807) is 30.3 Å². The maximum atomic E-state index is 12.3. The summed E-state index contributed by atoms with van der Waals surface area (Å²) in [4.78, 5) is 22.4. The number of nitrogens with one attached hydrogen (secondary N) is 2. The first-order chi connectivity index (χ1) is 12.9. The van der Waals surface area contributed by atoms with Gasteiger partial charge in [-0.3, -0.25) is 14.9 Å². The van der Waals surface area contributed by atoms with Crippen molar-refractivity contribution < 1.29 is 19.2 Å². The highest BCUT2D eigenvalue weighted by Crippen LogP contribution is 2.28. The summed E-state index contributed by atoms with van der Waals surface area (Å²) in [7, 11) is 1.53. The molecule has 1 amide bonds. The van der Waals surface area contributed by atoms with Gasteiger partial charge in [-0.05, 0) is 44.2 Å². The predicted octanol–water partition coefficient (Wildman–Crippen LogP) is 3.23. The molecule has 0 saturated carbocycles. The first kappa shape index (κ1) is 20.0. The van der Waals surface area contributed by atoms with Crippen LogP contribution >= 0.6 is 0 Å². The molecule has 2 rings (SSSR count). The van der Waals surface area contributed by atoms with E-state index in [0.29, 0.717) is 30.2 Å². The van der Waals surface area contributed by atoms with E-state index in [-0.39, 0.29) is 17.7 Å². The van der Waals surface area contributed by atoms with Crippen molar-refractivity contribution in [1.29, 1.82) is 0 Å². The first-order valence-corrected chi connectivity index (χ1v) is 8.52. The molecular formula is C19H23N3O5. The summed E-state index contributed by atoms with van der Waals surface area (Å²) < 4.78 is 10.9. The van der Waals surface area contributed by atoms with Gasteiger partial charge in [0.1, 0.15) is 0 Å². The number of anilines is 1. The second kappa shape index (κ2) is 9.42. The molecule has 0 atom stereocenters. The average Bonchev–Trinajstić information content (AvgIpc) is 2.65. The van der Waals surface area contributed by atoms with Crippen molar-refractivity contribution in [3.05, 3.63) is 58.1 Å². The van der Waals surface area contributed by atoms with Crippen LogP contribution < -0.4 is 20.1 Å². The number of carbonyl (C=O) groups is 1. The van der Waals surface area contributed by atoms with E-state index in [2.05, 4.69) is 10.6 Å². The second-order valence-corrected chi connectivity index (χ2v) is 6.02. The molecular weight excluding hydrogens is 350 g/mol. The Hall–Kier alpha value is -3.29. The topological polar surface area (TPSA) is 103 Å². The number of non-ortho nitro benzene ring substituents is 1. The number of ether oxygens (including phenoxy) is 2. The van der Waals surface area contributed by atoms with Crippen molar-refractivity contribution in [1.82, 2.24) is 5.32 Å². The summed E-state index contributed by atoms with van der Waals surface area (Å²) in [6.07, 6.45) is 0.00377. The summed E-state index contributed by atoms with van der Waals surface area (Å²) in [6, 6.07) is 11.1. The van der Waals surface area contributed by atoms with Gasteiger partial charge in [-0.25, -0.2) is 0 Å². The standard InChI is InChI=1S/C19H23N3O5/c1-13(2)27-17-9-4-14(12-18(17)26-3)19(23)21-11-10-20-15-5-7-16(8-6-15)22(24)25/h4-9,12-13,20H,10-11H2,1-3H3,(H,21,23). The third-order valence-corrected chi connectivity index (χ3v) is 3.61. The number of hydrogen-bond acceptors (Lipinski definition) is 6. The van der Waals surface area contributed by atoms with E-state index in [9.17, 15) is 14.9 Å². The van der Waals surface area contributed by atoms with Crippen LogP contribution in [0.4, 0.5) is 11.4 Å². The highest BCUT2D eigenvalue weighted by Gasteiger charge is 2.12. The zero-order valence-corrected chi connectivity index (χ0v) is 15.5. The molecule has 2 aromatic rings. The van der Waals surface area contributed by atoms with E-state index >= 15 is 0 Å². The molecule has 0 aromatic heterocycles. The summed E-state index contributed by atoms with van der Waals surface area (Å²) in [5, 5.41) is 16.5. The number of amides is 1. The van der Waals surface area contributed by atoms with Crippen molar-refractivity contribution in [2.24, 2.45) is 0 Å². The average molecular weight is 373 g/mol. The van der Waals surface area contributed by atoms with Crippen LogP contribution in [0.5, 0.6) is 11.5 Å². The zero-order valence-electron chi connectivity index (χ0n) is 15.5. The minimum absolute atomic E-state index is 0.00377. The number of nitro groups is 1. The summed E-state index contributed by atoms with van der Waals surface area (Å²) in [6.45, 7) is 4.70. The van der Waals surface area contributed by atoms with Crippen LogP contribution in [0.3, 0.4) is 0 Å². The fraction of sp³-hybridized carbons (Fsp3) is 0.316. The van der Waals surface area contributed by atoms with Gasteiger partial charge in [-0.1, -0.05) is 0 Å². The predicted molar refractivity (Wildman–Crippen MR) is 103 cm³/mol. The van der Waals surface area contributed by atoms with Gasteiger partial charge in [0.15, 0.2) is 11.5 Å². The van der Waals surface area contributed by atoms with Crippen LogP contribution in [0.2, 0.25) is 0 Å². The van der Waals surface area contributed by atoms with Crippen molar-refractivity contribution >= 4 is 17.3 Å². The van der Waals surface area contributed by atoms with Crippen molar-refractivity contribution in [2.45, 2.75) is 20.0 Å². The van der Waals surface area contributed by atoms with Crippen LogP contribution in [0, 0.1) is 10.1 Å². The largest absolute Gasteiger partial charge is 0.493 e. The molecule has 0 aliphatic carbocycles. The summed E-state index contributed by atoms with van der Waals surface area (Å²) in [5.74, 6) is 0.860.